The minimum absolute atomic E-state index is 0.0834. The molecule has 3 aromatic carbocycles. The van der Waals surface area contributed by atoms with Crippen molar-refractivity contribution in [3.8, 4) is 28.8 Å². The molecule has 1 aromatic heterocycles. The van der Waals surface area contributed by atoms with Crippen LogP contribution in [0.3, 0.4) is 0 Å². The summed E-state index contributed by atoms with van der Waals surface area (Å²) in [6.45, 7) is -0.0834. The molecule has 0 saturated heterocycles. The van der Waals surface area contributed by atoms with E-state index in [-0.39, 0.29) is 29.3 Å². The Morgan fingerprint density at radius 3 is 2.55 bits per heavy atom. The molecule has 0 atom stereocenters. The Balaban J connectivity index is 1.87. The van der Waals surface area contributed by atoms with E-state index in [0.717, 1.165) is 22.1 Å². The van der Waals surface area contributed by atoms with Crippen molar-refractivity contribution in [3.63, 3.8) is 0 Å². The number of carbonyl (C=O) groups excluding carboxylic acids is 1. The molecular weight excluding hydrogens is 392 g/mol. The van der Waals surface area contributed by atoms with Gasteiger partial charge in [0.15, 0.2) is 5.78 Å². The number of aliphatic hydroxyl groups excluding tert-OH is 1. The summed E-state index contributed by atoms with van der Waals surface area (Å²) in [7, 11) is 1.54. The van der Waals surface area contributed by atoms with Crippen molar-refractivity contribution >= 4 is 16.7 Å². The summed E-state index contributed by atoms with van der Waals surface area (Å²) in [6.07, 6.45) is 0. The zero-order valence-corrected chi connectivity index (χ0v) is 16.7. The number of hydrogen-bond acceptors (Lipinski definition) is 6. The molecule has 0 unspecified atom stereocenters. The van der Waals surface area contributed by atoms with Gasteiger partial charge in [0.2, 0.25) is 5.88 Å². The first kappa shape index (κ1) is 20.1. The summed E-state index contributed by atoms with van der Waals surface area (Å²) in [4.78, 5) is 17.5. The van der Waals surface area contributed by atoms with Gasteiger partial charge in [-0.15, -0.1) is 0 Å². The van der Waals surface area contributed by atoms with Crippen molar-refractivity contribution in [2.75, 3.05) is 7.11 Å². The number of benzene rings is 3. The fourth-order valence-corrected chi connectivity index (χ4v) is 3.46. The van der Waals surface area contributed by atoms with Gasteiger partial charge in [-0.2, -0.15) is 5.26 Å². The van der Waals surface area contributed by atoms with Crippen LogP contribution in [0.2, 0.25) is 0 Å². The first-order chi connectivity index (χ1) is 15.0. The number of ketones is 1. The standard InChI is InChI=1S/C25H18N2O4/c1-31-24-12-20(16-4-2-3-15(9-16)14-28)21-10-17(7-8-22(21)27-24)25(30)18-5-6-19(13-26)23(29)11-18/h2-12,28-29H,14H2,1H3. The first-order valence-electron chi connectivity index (χ1n) is 9.51. The third-order valence-electron chi connectivity index (χ3n) is 5.06. The summed E-state index contributed by atoms with van der Waals surface area (Å²) in [5, 5.41) is 29.2. The molecule has 152 valence electrons. The van der Waals surface area contributed by atoms with Gasteiger partial charge < -0.3 is 14.9 Å². The van der Waals surface area contributed by atoms with Crippen LogP contribution in [0, 0.1) is 11.3 Å². The second kappa shape index (κ2) is 8.27. The molecule has 6 nitrogen and oxygen atoms in total. The lowest BCUT2D eigenvalue weighted by Crippen LogP contribution is -2.02. The number of rotatable bonds is 5. The molecule has 0 bridgehead atoms. The zero-order chi connectivity index (χ0) is 22.0. The molecule has 0 saturated carbocycles. The van der Waals surface area contributed by atoms with E-state index in [9.17, 15) is 15.0 Å². The number of nitrogens with zero attached hydrogens (tertiary/aromatic N) is 2. The number of pyridine rings is 1. The Labute approximate surface area is 178 Å². The van der Waals surface area contributed by atoms with Gasteiger partial charge in [0.05, 0.1) is 24.8 Å². The first-order valence-corrected chi connectivity index (χ1v) is 9.51. The van der Waals surface area contributed by atoms with Crippen molar-refractivity contribution in [3.05, 3.63) is 89.0 Å². The van der Waals surface area contributed by atoms with Crippen LogP contribution < -0.4 is 4.74 Å². The van der Waals surface area contributed by atoms with E-state index in [0.29, 0.717) is 17.0 Å². The van der Waals surface area contributed by atoms with E-state index in [1.165, 1.54) is 25.3 Å². The Hall–Kier alpha value is -4.21. The van der Waals surface area contributed by atoms with Gasteiger partial charge in [0.1, 0.15) is 11.8 Å². The fraction of sp³-hybridized carbons (Fsp3) is 0.0800. The summed E-state index contributed by atoms with van der Waals surface area (Å²) in [5.41, 5.74) is 3.90. The van der Waals surface area contributed by atoms with Crippen molar-refractivity contribution in [2.24, 2.45) is 0 Å². The third kappa shape index (κ3) is 3.82. The minimum Gasteiger partial charge on any atom is -0.507 e. The van der Waals surface area contributed by atoms with Crippen LogP contribution in [0.15, 0.2) is 66.7 Å². The second-order valence-electron chi connectivity index (χ2n) is 6.98. The Morgan fingerprint density at radius 2 is 1.84 bits per heavy atom. The average molecular weight is 410 g/mol. The van der Waals surface area contributed by atoms with E-state index in [4.69, 9.17) is 10.00 Å². The number of carbonyl (C=O) groups is 1. The highest BCUT2D eigenvalue weighted by Crippen LogP contribution is 2.33. The normalized spacial score (nSPS) is 10.6. The van der Waals surface area contributed by atoms with E-state index >= 15 is 0 Å². The zero-order valence-electron chi connectivity index (χ0n) is 16.7. The molecule has 6 heteroatoms. The topological polar surface area (TPSA) is 103 Å². The number of aromatic nitrogens is 1. The van der Waals surface area contributed by atoms with Gasteiger partial charge in [-0.1, -0.05) is 18.2 Å². The fourth-order valence-electron chi connectivity index (χ4n) is 3.46. The molecule has 0 radical (unpaired) electrons. The maximum atomic E-state index is 13.0. The molecular formula is C25H18N2O4. The Morgan fingerprint density at radius 1 is 1.06 bits per heavy atom. The van der Waals surface area contributed by atoms with Crippen LogP contribution >= 0.6 is 0 Å². The quantitative estimate of drug-likeness (QED) is 0.478. The molecule has 0 aliphatic rings. The van der Waals surface area contributed by atoms with E-state index < -0.39 is 0 Å². The summed E-state index contributed by atoms with van der Waals surface area (Å²) < 4.78 is 5.34. The van der Waals surface area contributed by atoms with Crippen LogP contribution in [0.1, 0.15) is 27.0 Å². The summed E-state index contributed by atoms with van der Waals surface area (Å²) >= 11 is 0. The summed E-state index contributed by atoms with van der Waals surface area (Å²) in [5.74, 6) is -0.0809. The number of nitriles is 1. The van der Waals surface area contributed by atoms with Gasteiger partial charge in [0, 0.05) is 22.6 Å². The van der Waals surface area contributed by atoms with E-state index in [1.807, 2.05) is 30.3 Å². The number of methoxy groups -OCH3 is 1. The highest BCUT2D eigenvalue weighted by atomic mass is 16.5. The molecule has 4 aromatic rings. The smallest absolute Gasteiger partial charge is 0.214 e. The molecule has 4 rings (SSSR count). The van der Waals surface area contributed by atoms with Gasteiger partial charge in [-0.3, -0.25) is 4.79 Å². The molecule has 0 amide bonds. The molecule has 31 heavy (non-hydrogen) atoms. The lowest BCUT2D eigenvalue weighted by molar-refractivity contribution is 0.103. The van der Waals surface area contributed by atoms with E-state index in [2.05, 4.69) is 4.98 Å². The maximum Gasteiger partial charge on any atom is 0.214 e. The second-order valence-corrected chi connectivity index (χ2v) is 6.98. The van der Waals surface area contributed by atoms with E-state index in [1.54, 1.807) is 24.3 Å². The average Bonchev–Trinajstić information content (AvgIpc) is 2.82. The highest BCUT2D eigenvalue weighted by Gasteiger charge is 2.15. The Bertz CT molecular complexity index is 1360. The van der Waals surface area contributed by atoms with Crippen molar-refractivity contribution < 1.29 is 19.7 Å². The predicted octanol–water partition coefficient (Wildman–Crippen LogP) is 4.21. The largest absolute Gasteiger partial charge is 0.507 e. The lowest BCUT2D eigenvalue weighted by Gasteiger charge is -2.12. The lowest BCUT2D eigenvalue weighted by atomic mass is 9.95. The molecule has 0 aliphatic carbocycles. The monoisotopic (exact) mass is 410 g/mol. The van der Waals surface area contributed by atoms with Crippen LogP contribution in [-0.2, 0) is 6.61 Å². The van der Waals surface area contributed by atoms with Crippen LogP contribution in [0.4, 0.5) is 0 Å². The van der Waals surface area contributed by atoms with Gasteiger partial charge in [0.25, 0.3) is 0 Å². The van der Waals surface area contributed by atoms with Gasteiger partial charge >= 0.3 is 0 Å². The number of phenolic OH excluding ortho intramolecular Hbond substituents is 1. The van der Waals surface area contributed by atoms with Crippen LogP contribution in [-0.4, -0.2) is 28.1 Å². The van der Waals surface area contributed by atoms with Gasteiger partial charge in [-0.05, 0) is 59.2 Å². The molecule has 0 aliphatic heterocycles. The minimum atomic E-state index is -0.285. The number of ether oxygens (including phenoxy) is 1. The SMILES string of the molecule is COc1cc(-c2cccc(CO)c2)c2cc(C(=O)c3ccc(C#N)c(O)c3)ccc2n1. The van der Waals surface area contributed by atoms with Crippen LogP contribution in [0.5, 0.6) is 11.6 Å². The summed E-state index contributed by atoms with van der Waals surface area (Å²) in [6, 6.07) is 20.5. The number of phenols is 1. The number of aliphatic hydroxyl groups is 1. The van der Waals surface area contributed by atoms with Crippen molar-refractivity contribution in [1.82, 2.24) is 4.98 Å². The number of fused-ring (bicyclic) bond motifs is 1. The molecule has 0 spiro atoms. The van der Waals surface area contributed by atoms with Gasteiger partial charge in [-0.25, -0.2) is 4.98 Å². The highest BCUT2D eigenvalue weighted by molar-refractivity contribution is 6.11. The number of hydrogen-bond donors (Lipinski definition) is 2. The number of aromatic hydroxyl groups is 1. The third-order valence-corrected chi connectivity index (χ3v) is 5.06. The predicted molar refractivity (Wildman–Crippen MR) is 116 cm³/mol. The molecule has 2 N–H and O–H groups in total. The maximum absolute atomic E-state index is 13.0. The van der Waals surface area contributed by atoms with Crippen LogP contribution in [0.25, 0.3) is 22.0 Å². The van der Waals surface area contributed by atoms with Crippen molar-refractivity contribution in [1.29, 1.82) is 5.26 Å². The Kier molecular flexibility index (Phi) is 5.35. The molecule has 0 fully saturated rings. The van der Waals surface area contributed by atoms with Crippen molar-refractivity contribution in [2.45, 2.75) is 6.61 Å². The molecule has 1 heterocycles.